The van der Waals surface area contributed by atoms with Crippen molar-refractivity contribution in [1.29, 1.82) is 0 Å². The molecular weight excluding hydrogens is 350 g/mol. The first-order chi connectivity index (χ1) is 12.6. The summed E-state index contributed by atoms with van der Waals surface area (Å²) in [6.07, 6.45) is 6.12. The SMILES string of the molecule is C=CCn1c(=O)sc2ccc(C(=O)c3cnn(C=C)c3OC)c(C=C)c21. The normalized spacial score (nSPS) is 10.7. The van der Waals surface area contributed by atoms with Gasteiger partial charge in [-0.05, 0) is 12.1 Å². The zero-order valence-electron chi connectivity index (χ0n) is 14.3. The zero-order valence-corrected chi connectivity index (χ0v) is 15.1. The van der Waals surface area contributed by atoms with Crippen molar-refractivity contribution >= 4 is 39.6 Å². The number of methoxy groups -OCH3 is 1. The number of nitrogens with zero attached hydrogens (tertiary/aromatic N) is 3. The Hall–Kier alpha value is -3.19. The van der Waals surface area contributed by atoms with Gasteiger partial charge in [0.15, 0.2) is 0 Å². The predicted octanol–water partition coefficient (Wildman–Crippen LogP) is 3.43. The fraction of sp³-hybridized carbons (Fsp3) is 0.105. The Balaban J connectivity index is 2.27. The van der Waals surface area contributed by atoms with E-state index in [4.69, 9.17) is 4.74 Å². The highest BCUT2D eigenvalue weighted by atomic mass is 32.1. The summed E-state index contributed by atoms with van der Waals surface area (Å²) in [6.45, 7) is 11.5. The fourth-order valence-electron chi connectivity index (χ4n) is 2.87. The largest absolute Gasteiger partial charge is 0.480 e. The molecule has 0 spiro atoms. The first kappa shape index (κ1) is 17.6. The van der Waals surface area contributed by atoms with E-state index < -0.39 is 0 Å². The van der Waals surface area contributed by atoms with Crippen molar-refractivity contribution in [2.75, 3.05) is 7.11 Å². The Morgan fingerprint density at radius 2 is 2.08 bits per heavy atom. The van der Waals surface area contributed by atoms with E-state index >= 15 is 0 Å². The van der Waals surface area contributed by atoms with Crippen molar-refractivity contribution in [1.82, 2.24) is 14.3 Å². The van der Waals surface area contributed by atoms with Crippen LogP contribution in [0.15, 0.2) is 48.9 Å². The molecule has 0 aliphatic heterocycles. The summed E-state index contributed by atoms with van der Waals surface area (Å²) in [4.78, 5) is 25.3. The van der Waals surface area contributed by atoms with Crippen LogP contribution in [-0.2, 0) is 6.54 Å². The van der Waals surface area contributed by atoms with E-state index in [2.05, 4.69) is 24.8 Å². The van der Waals surface area contributed by atoms with Crippen LogP contribution in [0.2, 0.25) is 0 Å². The summed E-state index contributed by atoms with van der Waals surface area (Å²) in [5.41, 5.74) is 2.00. The number of fused-ring (bicyclic) bond motifs is 1. The number of ether oxygens (including phenoxy) is 1. The second kappa shape index (κ2) is 6.97. The van der Waals surface area contributed by atoms with Gasteiger partial charge in [-0.2, -0.15) is 5.10 Å². The van der Waals surface area contributed by atoms with Crippen LogP contribution in [0.3, 0.4) is 0 Å². The Morgan fingerprint density at radius 1 is 1.31 bits per heavy atom. The Morgan fingerprint density at radius 3 is 2.69 bits per heavy atom. The molecule has 7 heteroatoms. The van der Waals surface area contributed by atoms with Gasteiger partial charge in [-0.1, -0.05) is 36.6 Å². The molecule has 0 saturated heterocycles. The number of thiazole rings is 1. The maximum Gasteiger partial charge on any atom is 0.308 e. The minimum absolute atomic E-state index is 0.107. The van der Waals surface area contributed by atoms with Gasteiger partial charge >= 0.3 is 4.87 Å². The van der Waals surface area contributed by atoms with Crippen LogP contribution < -0.4 is 9.61 Å². The molecule has 0 atom stereocenters. The minimum Gasteiger partial charge on any atom is -0.480 e. The van der Waals surface area contributed by atoms with Crippen LogP contribution in [0.4, 0.5) is 0 Å². The first-order valence-electron chi connectivity index (χ1n) is 7.75. The molecule has 0 fully saturated rings. The average molecular weight is 367 g/mol. The van der Waals surface area contributed by atoms with Crippen molar-refractivity contribution in [3.05, 3.63) is 70.5 Å². The highest BCUT2D eigenvalue weighted by molar-refractivity contribution is 7.16. The van der Waals surface area contributed by atoms with Gasteiger partial charge in [-0.3, -0.25) is 14.2 Å². The first-order valence-corrected chi connectivity index (χ1v) is 8.57. The molecule has 132 valence electrons. The summed E-state index contributed by atoms with van der Waals surface area (Å²) in [5, 5.41) is 4.08. The highest BCUT2D eigenvalue weighted by Crippen LogP contribution is 2.29. The van der Waals surface area contributed by atoms with Crippen molar-refractivity contribution in [2.24, 2.45) is 0 Å². The summed E-state index contributed by atoms with van der Waals surface area (Å²) < 4.78 is 9.06. The molecule has 3 aromatic rings. The molecule has 1 aromatic carbocycles. The smallest absolute Gasteiger partial charge is 0.308 e. The summed E-state index contributed by atoms with van der Waals surface area (Å²) >= 11 is 1.13. The molecule has 6 nitrogen and oxygen atoms in total. The van der Waals surface area contributed by atoms with E-state index in [-0.39, 0.29) is 10.7 Å². The maximum atomic E-state index is 13.1. The van der Waals surface area contributed by atoms with E-state index in [1.165, 1.54) is 24.2 Å². The number of carbonyl (C=O) groups excluding carboxylic acids is 1. The lowest BCUT2D eigenvalue weighted by Crippen LogP contribution is -2.13. The molecule has 0 aliphatic rings. The number of benzene rings is 1. The number of allylic oxidation sites excluding steroid dienone is 1. The Kier molecular flexibility index (Phi) is 4.73. The van der Waals surface area contributed by atoms with Crippen LogP contribution in [0.1, 0.15) is 21.5 Å². The van der Waals surface area contributed by atoms with E-state index in [0.717, 1.165) is 16.0 Å². The molecule has 2 heterocycles. The standard InChI is InChI=1S/C19H17N3O3S/c1-5-10-21-16-12(6-2)13(8-9-15(16)26-19(21)24)17(23)14-11-20-22(7-3)18(14)25-4/h5-9,11H,1-3,10H2,4H3. The summed E-state index contributed by atoms with van der Waals surface area (Å²) in [6, 6.07) is 3.46. The molecule has 0 aliphatic carbocycles. The number of hydrogen-bond donors (Lipinski definition) is 0. The molecule has 0 amide bonds. The van der Waals surface area contributed by atoms with E-state index in [0.29, 0.717) is 34.6 Å². The fourth-order valence-corrected chi connectivity index (χ4v) is 3.79. The van der Waals surface area contributed by atoms with Gasteiger partial charge < -0.3 is 4.74 Å². The van der Waals surface area contributed by atoms with Crippen molar-refractivity contribution in [3.63, 3.8) is 0 Å². The lowest BCUT2D eigenvalue weighted by atomic mass is 9.98. The van der Waals surface area contributed by atoms with Crippen LogP contribution >= 0.6 is 11.3 Å². The number of rotatable bonds is 7. The third-order valence-electron chi connectivity index (χ3n) is 3.99. The average Bonchev–Trinajstić information content (AvgIpc) is 3.21. The van der Waals surface area contributed by atoms with Gasteiger partial charge in [-0.25, -0.2) is 4.68 Å². The second-order valence-electron chi connectivity index (χ2n) is 5.37. The number of aromatic nitrogens is 3. The number of hydrogen-bond acceptors (Lipinski definition) is 5. The Labute approximate surface area is 153 Å². The predicted molar refractivity (Wildman–Crippen MR) is 105 cm³/mol. The van der Waals surface area contributed by atoms with Gasteiger partial charge in [-0.15, -0.1) is 6.58 Å². The summed E-state index contributed by atoms with van der Waals surface area (Å²) in [7, 11) is 1.46. The minimum atomic E-state index is -0.268. The van der Waals surface area contributed by atoms with Gasteiger partial charge in [0.1, 0.15) is 5.56 Å². The topological polar surface area (TPSA) is 66.1 Å². The van der Waals surface area contributed by atoms with Gasteiger partial charge in [0.2, 0.25) is 11.7 Å². The zero-order chi connectivity index (χ0) is 18.8. The van der Waals surface area contributed by atoms with Crippen LogP contribution in [-0.4, -0.2) is 27.2 Å². The molecule has 0 N–H and O–H groups in total. The monoisotopic (exact) mass is 367 g/mol. The van der Waals surface area contributed by atoms with Gasteiger partial charge in [0.05, 0.1) is 23.5 Å². The third kappa shape index (κ3) is 2.62. The highest BCUT2D eigenvalue weighted by Gasteiger charge is 2.23. The lowest BCUT2D eigenvalue weighted by molar-refractivity contribution is 0.103. The number of ketones is 1. The van der Waals surface area contributed by atoms with E-state index in [1.807, 2.05) is 0 Å². The molecule has 0 bridgehead atoms. The van der Waals surface area contributed by atoms with Crippen molar-refractivity contribution < 1.29 is 9.53 Å². The van der Waals surface area contributed by atoms with E-state index in [1.54, 1.807) is 28.9 Å². The summed E-state index contributed by atoms with van der Waals surface area (Å²) in [5.74, 6) is 0.0319. The quantitative estimate of drug-likeness (QED) is 0.474. The maximum absolute atomic E-state index is 13.1. The molecule has 0 saturated carbocycles. The molecule has 26 heavy (non-hydrogen) atoms. The second-order valence-corrected chi connectivity index (χ2v) is 6.36. The van der Waals surface area contributed by atoms with Crippen molar-refractivity contribution in [3.8, 4) is 5.88 Å². The molecular formula is C19H17N3O3S. The van der Waals surface area contributed by atoms with Crippen LogP contribution in [0.5, 0.6) is 5.88 Å². The van der Waals surface area contributed by atoms with E-state index in [9.17, 15) is 9.59 Å². The van der Waals surface area contributed by atoms with Crippen molar-refractivity contribution in [2.45, 2.75) is 6.54 Å². The van der Waals surface area contributed by atoms with Crippen LogP contribution in [0.25, 0.3) is 22.5 Å². The van der Waals surface area contributed by atoms with Crippen LogP contribution in [0, 0.1) is 0 Å². The van der Waals surface area contributed by atoms with Gasteiger partial charge in [0.25, 0.3) is 0 Å². The lowest BCUT2D eigenvalue weighted by Gasteiger charge is -2.10. The molecule has 2 aromatic heterocycles. The molecule has 3 rings (SSSR count). The molecule has 0 unspecified atom stereocenters. The number of carbonyl (C=O) groups is 1. The third-order valence-corrected chi connectivity index (χ3v) is 4.93. The molecule has 0 radical (unpaired) electrons. The Bertz CT molecular complexity index is 1100. The van der Waals surface area contributed by atoms with Gasteiger partial charge in [0, 0.05) is 23.9 Å².